The molecule has 0 fully saturated rings. The molecule has 0 radical (unpaired) electrons. The molecular weight excluding hydrogens is 248 g/mol. The summed E-state index contributed by atoms with van der Waals surface area (Å²) in [5, 5.41) is 11.7. The van der Waals surface area contributed by atoms with Gasteiger partial charge in [-0.05, 0) is 30.5 Å². The van der Waals surface area contributed by atoms with Crippen LogP contribution >= 0.6 is 0 Å². The number of hydrogen-bond donors (Lipinski definition) is 1. The van der Waals surface area contributed by atoms with Crippen LogP contribution in [0.25, 0.3) is 0 Å². The maximum Gasteiger partial charge on any atom is 0.224 e. The van der Waals surface area contributed by atoms with Crippen molar-refractivity contribution in [3.8, 4) is 6.07 Å². The lowest BCUT2D eigenvalue weighted by molar-refractivity contribution is -0.116. The molecule has 3 heteroatoms. The van der Waals surface area contributed by atoms with E-state index in [4.69, 9.17) is 5.26 Å². The van der Waals surface area contributed by atoms with Crippen molar-refractivity contribution in [3.63, 3.8) is 0 Å². The van der Waals surface area contributed by atoms with Crippen LogP contribution in [0.2, 0.25) is 0 Å². The molecule has 2 aromatic carbocycles. The van der Waals surface area contributed by atoms with Gasteiger partial charge in [0.25, 0.3) is 0 Å². The van der Waals surface area contributed by atoms with Crippen molar-refractivity contribution in [2.75, 3.05) is 5.32 Å². The van der Waals surface area contributed by atoms with Crippen LogP contribution in [0.4, 0.5) is 5.69 Å². The van der Waals surface area contributed by atoms with Gasteiger partial charge >= 0.3 is 0 Å². The maximum atomic E-state index is 11.9. The van der Waals surface area contributed by atoms with Crippen LogP contribution in [0.3, 0.4) is 0 Å². The summed E-state index contributed by atoms with van der Waals surface area (Å²) in [4.78, 5) is 11.9. The predicted molar refractivity (Wildman–Crippen MR) is 79.2 cm³/mol. The number of rotatable bonds is 5. The molecule has 0 aliphatic rings. The highest BCUT2D eigenvalue weighted by Crippen LogP contribution is 2.14. The second-order valence-corrected chi connectivity index (χ2v) is 4.54. The van der Waals surface area contributed by atoms with Crippen molar-refractivity contribution >= 4 is 11.6 Å². The summed E-state index contributed by atoms with van der Waals surface area (Å²) in [6.07, 6.45) is 2.13. The van der Waals surface area contributed by atoms with Gasteiger partial charge in [-0.3, -0.25) is 4.79 Å². The fourth-order valence-corrected chi connectivity index (χ4v) is 2.00. The smallest absolute Gasteiger partial charge is 0.224 e. The highest BCUT2D eigenvalue weighted by atomic mass is 16.1. The monoisotopic (exact) mass is 264 g/mol. The highest BCUT2D eigenvalue weighted by molar-refractivity contribution is 5.92. The number of para-hydroxylation sites is 1. The Bertz CT molecular complexity index is 614. The average molecular weight is 264 g/mol. The lowest BCUT2D eigenvalue weighted by Crippen LogP contribution is -2.12. The second-order valence-electron chi connectivity index (χ2n) is 4.54. The number of benzene rings is 2. The minimum absolute atomic E-state index is 0.0522. The number of amides is 1. The number of nitrogens with one attached hydrogen (secondary N) is 1. The minimum Gasteiger partial charge on any atom is -0.325 e. The fraction of sp³-hybridized carbons (Fsp3) is 0.176. The Morgan fingerprint density at radius 1 is 1.05 bits per heavy atom. The summed E-state index contributed by atoms with van der Waals surface area (Å²) >= 11 is 0. The maximum absolute atomic E-state index is 11.9. The number of anilines is 1. The van der Waals surface area contributed by atoms with E-state index >= 15 is 0 Å². The van der Waals surface area contributed by atoms with E-state index in [2.05, 4.69) is 23.5 Å². The summed E-state index contributed by atoms with van der Waals surface area (Å²) in [5.74, 6) is -0.0522. The Labute approximate surface area is 118 Å². The molecule has 2 rings (SSSR count). The summed E-state index contributed by atoms with van der Waals surface area (Å²) < 4.78 is 0. The molecule has 0 saturated carbocycles. The number of carbonyl (C=O) groups excluding carboxylic acids is 1. The van der Waals surface area contributed by atoms with E-state index in [-0.39, 0.29) is 5.91 Å². The Balaban J connectivity index is 1.83. The molecule has 3 nitrogen and oxygen atoms in total. The van der Waals surface area contributed by atoms with Crippen LogP contribution in [0, 0.1) is 11.3 Å². The number of nitriles is 1. The lowest BCUT2D eigenvalue weighted by Gasteiger charge is -2.06. The molecule has 0 atom stereocenters. The van der Waals surface area contributed by atoms with Gasteiger partial charge in [-0.2, -0.15) is 5.26 Å². The molecule has 1 N–H and O–H groups in total. The molecule has 0 unspecified atom stereocenters. The van der Waals surface area contributed by atoms with Gasteiger partial charge in [-0.15, -0.1) is 0 Å². The first-order valence-electron chi connectivity index (χ1n) is 6.62. The highest BCUT2D eigenvalue weighted by Gasteiger charge is 2.06. The van der Waals surface area contributed by atoms with Crippen molar-refractivity contribution in [1.29, 1.82) is 5.26 Å². The summed E-state index contributed by atoms with van der Waals surface area (Å²) in [7, 11) is 0. The first-order chi connectivity index (χ1) is 9.79. The average Bonchev–Trinajstić information content (AvgIpc) is 2.49. The fourth-order valence-electron chi connectivity index (χ4n) is 2.00. The minimum atomic E-state index is -0.0522. The van der Waals surface area contributed by atoms with Crippen LogP contribution in [-0.2, 0) is 11.2 Å². The van der Waals surface area contributed by atoms with Gasteiger partial charge in [0.15, 0.2) is 0 Å². The molecule has 0 saturated heterocycles. The van der Waals surface area contributed by atoms with Crippen LogP contribution in [0.15, 0.2) is 54.6 Å². The Morgan fingerprint density at radius 3 is 2.50 bits per heavy atom. The topological polar surface area (TPSA) is 52.9 Å². The molecule has 0 bridgehead atoms. The summed E-state index contributed by atoms with van der Waals surface area (Å²) in [6.45, 7) is 0. The zero-order chi connectivity index (χ0) is 14.2. The lowest BCUT2D eigenvalue weighted by atomic mass is 10.1. The molecule has 0 aliphatic heterocycles. The van der Waals surface area contributed by atoms with Crippen LogP contribution in [0.1, 0.15) is 24.0 Å². The number of carbonyl (C=O) groups is 1. The van der Waals surface area contributed by atoms with Gasteiger partial charge in [0.05, 0.1) is 11.3 Å². The van der Waals surface area contributed by atoms with Gasteiger partial charge in [0.1, 0.15) is 6.07 Å². The molecule has 20 heavy (non-hydrogen) atoms. The van der Waals surface area contributed by atoms with E-state index in [1.807, 2.05) is 18.2 Å². The quantitative estimate of drug-likeness (QED) is 0.898. The third kappa shape index (κ3) is 3.96. The Kier molecular flexibility index (Phi) is 4.91. The molecule has 0 aromatic heterocycles. The molecule has 100 valence electrons. The summed E-state index contributed by atoms with van der Waals surface area (Å²) in [6, 6.07) is 19.2. The van der Waals surface area contributed by atoms with E-state index in [1.165, 1.54) is 5.56 Å². The predicted octanol–water partition coefficient (Wildman–Crippen LogP) is 3.52. The summed E-state index contributed by atoms with van der Waals surface area (Å²) in [5.41, 5.74) is 2.31. The first kappa shape index (κ1) is 13.8. The third-order valence-electron chi connectivity index (χ3n) is 3.03. The SMILES string of the molecule is N#Cc1ccccc1NC(=O)CCCc1ccccc1. The normalized spacial score (nSPS) is 9.75. The Hall–Kier alpha value is -2.60. The van der Waals surface area contributed by atoms with Gasteiger partial charge < -0.3 is 5.32 Å². The van der Waals surface area contributed by atoms with Gasteiger partial charge in [0, 0.05) is 6.42 Å². The van der Waals surface area contributed by atoms with E-state index in [0.717, 1.165) is 12.8 Å². The van der Waals surface area contributed by atoms with E-state index in [9.17, 15) is 4.79 Å². The molecule has 0 aliphatic carbocycles. The molecule has 0 heterocycles. The van der Waals surface area contributed by atoms with Crippen molar-refractivity contribution in [2.45, 2.75) is 19.3 Å². The van der Waals surface area contributed by atoms with E-state index < -0.39 is 0 Å². The van der Waals surface area contributed by atoms with E-state index in [1.54, 1.807) is 24.3 Å². The molecule has 0 spiro atoms. The van der Waals surface area contributed by atoms with Crippen LogP contribution in [0.5, 0.6) is 0 Å². The van der Waals surface area contributed by atoms with Crippen LogP contribution < -0.4 is 5.32 Å². The first-order valence-corrected chi connectivity index (χ1v) is 6.62. The molecule has 1 amide bonds. The molecular formula is C17H16N2O. The third-order valence-corrected chi connectivity index (χ3v) is 3.03. The van der Waals surface area contributed by atoms with Crippen molar-refractivity contribution in [2.24, 2.45) is 0 Å². The van der Waals surface area contributed by atoms with Crippen molar-refractivity contribution in [3.05, 3.63) is 65.7 Å². The van der Waals surface area contributed by atoms with Crippen LogP contribution in [-0.4, -0.2) is 5.91 Å². The van der Waals surface area contributed by atoms with Gasteiger partial charge in [-0.1, -0.05) is 42.5 Å². The number of hydrogen-bond acceptors (Lipinski definition) is 2. The largest absolute Gasteiger partial charge is 0.325 e. The van der Waals surface area contributed by atoms with Crippen molar-refractivity contribution < 1.29 is 4.79 Å². The standard InChI is InChI=1S/C17H16N2O/c18-13-15-10-4-5-11-16(15)19-17(20)12-6-9-14-7-2-1-3-8-14/h1-5,7-8,10-11H,6,9,12H2,(H,19,20). The van der Waals surface area contributed by atoms with Gasteiger partial charge in [0.2, 0.25) is 5.91 Å². The van der Waals surface area contributed by atoms with E-state index in [0.29, 0.717) is 17.7 Å². The second kappa shape index (κ2) is 7.10. The van der Waals surface area contributed by atoms with Crippen molar-refractivity contribution in [1.82, 2.24) is 0 Å². The van der Waals surface area contributed by atoms with Gasteiger partial charge in [-0.25, -0.2) is 0 Å². The Morgan fingerprint density at radius 2 is 1.75 bits per heavy atom. The molecule has 2 aromatic rings. The zero-order valence-corrected chi connectivity index (χ0v) is 11.2. The number of aryl methyl sites for hydroxylation is 1. The zero-order valence-electron chi connectivity index (χ0n) is 11.2. The number of nitrogens with zero attached hydrogens (tertiary/aromatic N) is 1.